The second-order valence-electron chi connectivity index (χ2n) is 5.17. The fourth-order valence-corrected chi connectivity index (χ4v) is 2.39. The topological polar surface area (TPSA) is 39.1 Å². The number of imidazole rings is 1. The summed E-state index contributed by atoms with van der Waals surface area (Å²) in [4.78, 5) is 4.25. The molecule has 1 atom stereocenters. The zero-order valence-corrected chi connectivity index (χ0v) is 13.7. The van der Waals surface area contributed by atoms with E-state index in [4.69, 9.17) is 16.3 Å². The Labute approximate surface area is 131 Å². The Bertz CT molecular complexity index is 610. The minimum atomic E-state index is 0.246. The van der Waals surface area contributed by atoms with Crippen molar-refractivity contribution in [3.63, 3.8) is 0 Å². The average molecular weight is 308 g/mol. The molecule has 0 saturated carbocycles. The summed E-state index contributed by atoms with van der Waals surface area (Å²) in [7, 11) is 1.88. The predicted octanol–water partition coefficient (Wildman–Crippen LogP) is 3.63. The second kappa shape index (κ2) is 6.96. The van der Waals surface area contributed by atoms with Crippen LogP contribution < -0.4 is 10.1 Å². The van der Waals surface area contributed by atoms with Gasteiger partial charge in [0.25, 0.3) is 0 Å². The zero-order chi connectivity index (χ0) is 15.4. The van der Waals surface area contributed by atoms with Crippen LogP contribution in [0.5, 0.6) is 5.75 Å². The maximum absolute atomic E-state index is 5.99. The van der Waals surface area contributed by atoms with Gasteiger partial charge in [0.1, 0.15) is 23.3 Å². The Morgan fingerprint density at radius 1 is 1.43 bits per heavy atom. The lowest BCUT2D eigenvalue weighted by Crippen LogP contribution is -2.18. The van der Waals surface area contributed by atoms with E-state index in [0.717, 1.165) is 23.7 Å². The molecule has 2 rings (SSSR count). The van der Waals surface area contributed by atoms with Crippen LogP contribution in [0.4, 0.5) is 0 Å². The molecule has 0 aliphatic heterocycles. The predicted molar refractivity (Wildman–Crippen MR) is 85.8 cm³/mol. The summed E-state index contributed by atoms with van der Waals surface area (Å²) in [5.41, 5.74) is 2.33. The van der Waals surface area contributed by atoms with Gasteiger partial charge in [-0.3, -0.25) is 0 Å². The Balaban J connectivity index is 2.18. The van der Waals surface area contributed by atoms with Crippen LogP contribution in [0.25, 0.3) is 0 Å². The average Bonchev–Trinajstić information content (AvgIpc) is 2.77. The lowest BCUT2D eigenvalue weighted by molar-refractivity contribution is 0.286. The molecule has 0 bridgehead atoms. The van der Waals surface area contributed by atoms with Crippen molar-refractivity contribution in [1.29, 1.82) is 0 Å². The first-order valence-corrected chi connectivity index (χ1v) is 7.53. The first-order chi connectivity index (χ1) is 10.0. The lowest BCUT2D eigenvalue weighted by atomic mass is 10.0. The SMILES string of the molecule is CCNC(C)c1ccc(C)cc1OCc1ncc(Cl)n1C. The molecule has 1 N–H and O–H groups in total. The van der Waals surface area contributed by atoms with E-state index in [1.807, 2.05) is 11.6 Å². The van der Waals surface area contributed by atoms with E-state index in [1.165, 1.54) is 5.56 Å². The third-order valence-corrected chi connectivity index (χ3v) is 3.88. The van der Waals surface area contributed by atoms with Crippen molar-refractivity contribution >= 4 is 11.6 Å². The first-order valence-electron chi connectivity index (χ1n) is 7.15. The molecule has 0 fully saturated rings. The Morgan fingerprint density at radius 3 is 2.81 bits per heavy atom. The number of ether oxygens (including phenoxy) is 1. The largest absolute Gasteiger partial charge is 0.485 e. The number of aryl methyl sites for hydroxylation is 1. The van der Waals surface area contributed by atoms with Gasteiger partial charge in [0.15, 0.2) is 0 Å². The van der Waals surface area contributed by atoms with Crippen LogP contribution in [0.3, 0.4) is 0 Å². The van der Waals surface area contributed by atoms with Gasteiger partial charge in [-0.2, -0.15) is 0 Å². The van der Waals surface area contributed by atoms with E-state index < -0.39 is 0 Å². The monoisotopic (exact) mass is 307 g/mol. The number of hydrogen-bond acceptors (Lipinski definition) is 3. The molecule has 5 heteroatoms. The highest BCUT2D eigenvalue weighted by atomic mass is 35.5. The van der Waals surface area contributed by atoms with Crippen LogP contribution in [0, 0.1) is 6.92 Å². The zero-order valence-electron chi connectivity index (χ0n) is 13.0. The summed E-state index contributed by atoms with van der Waals surface area (Å²) in [5.74, 6) is 1.70. The van der Waals surface area contributed by atoms with E-state index in [-0.39, 0.29) is 6.04 Å². The van der Waals surface area contributed by atoms with Crippen LogP contribution in [-0.4, -0.2) is 16.1 Å². The standard InChI is InChI=1S/C16H22ClN3O/c1-5-18-12(3)13-7-6-11(2)8-14(13)21-10-16-19-9-15(17)20(16)4/h6-9,12,18H,5,10H2,1-4H3. The summed E-state index contributed by atoms with van der Waals surface area (Å²) < 4.78 is 7.81. The van der Waals surface area contributed by atoms with Gasteiger partial charge in [-0.1, -0.05) is 30.7 Å². The van der Waals surface area contributed by atoms with Gasteiger partial charge in [-0.15, -0.1) is 0 Å². The second-order valence-corrected chi connectivity index (χ2v) is 5.55. The Hall–Kier alpha value is -1.52. The lowest BCUT2D eigenvalue weighted by Gasteiger charge is -2.18. The molecule has 0 saturated heterocycles. The van der Waals surface area contributed by atoms with Gasteiger partial charge in [-0.25, -0.2) is 4.98 Å². The summed E-state index contributed by atoms with van der Waals surface area (Å²) >= 11 is 5.99. The van der Waals surface area contributed by atoms with Crippen molar-refractivity contribution in [2.75, 3.05) is 6.54 Å². The van der Waals surface area contributed by atoms with Crippen molar-refractivity contribution in [1.82, 2.24) is 14.9 Å². The molecule has 1 heterocycles. The number of halogens is 1. The molecular weight excluding hydrogens is 286 g/mol. The Morgan fingerprint density at radius 2 is 2.19 bits per heavy atom. The van der Waals surface area contributed by atoms with E-state index in [0.29, 0.717) is 11.8 Å². The maximum Gasteiger partial charge on any atom is 0.147 e. The summed E-state index contributed by atoms with van der Waals surface area (Å²) in [6.45, 7) is 7.62. The number of aromatic nitrogens is 2. The van der Waals surface area contributed by atoms with Gasteiger partial charge < -0.3 is 14.6 Å². The molecule has 1 aromatic heterocycles. The maximum atomic E-state index is 5.99. The highest BCUT2D eigenvalue weighted by Gasteiger charge is 2.12. The van der Waals surface area contributed by atoms with E-state index >= 15 is 0 Å². The molecule has 0 spiro atoms. The molecule has 2 aromatic rings. The molecule has 21 heavy (non-hydrogen) atoms. The molecule has 0 radical (unpaired) electrons. The molecule has 0 amide bonds. The van der Waals surface area contributed by atoms with Crippen molar-refractivity contribution in [3.8, 4) is 5.75 Å². The number of nitrogens with one attached hydrogen (secondary N) is 1. The number of hydrogen-bond donors (Lipinski definition) is 1. The van der Waals surface area contributed by atoms with Crippen LogP contribution in [0.15, 0.2) is 24.4 Å². The van der Waals surface area contributed by atoms with E-state index in [1.54, 1.807) is 6.20 Å². The van der Waals surface area contributed by atoms with Crippen LogP contribution >= 0.6 is 11.6 Å². The number of benzene rings is 1. The normalized spacial score (nSPS) is 12.4. The van der Waals surface area contributed by atoms with E-state index in [2.05, 4.69) is 49.3 Å². The van der Waals surface area contributed by atoms with Crippen molar-refractivity contribution in [3.05, 3.63) is 46.5 Å². The quantitative estimate of drug-likeness (QED) is 0.885. The fourth-order valence-electron chi connectivity index (χ4n) is 2.24. The van der Waals surface area contributed by atoms with Crippen LogP contribution in [0.2, 0.25) is 5.15 Å². The molecule has 1 unspecified atom stereocenters. The highest BCUT2D eigenvalue weighted by Crippen LogP contribution is 2.27. The highest BCUT2D eigenvalue weighted by molar-refractivity contribution is 6.29. The van der Waals surface area contributed by atoms with E-state index in [9.17, 15) is 0 Å². The van der Waals surface area contributed by atoms with Crippen LogP contribution in [-0.2, 0) is 13.7 Å². The fraction of sp³-hybridized carbons (Fsp3) is 0.438. The van der Waals surface area contributed by atoms with Crippen molar-refractivity contribution < 1.29 is 4.74 Å². The summed E-state index contributed by atoms with van der Waals surface area (Å²) in [5, 5.41) is 4.02. The van der Waals surface area contributed by atoms with Crippen molar-refractivity contribution in [2.45, 2.75) is 33.4 Å². The summed E-state index contributed by atoms with van der Waals surface area (Å²) in [6.07, 6.45) is 1.64. The molecule has 0 aliphatic carbocycles. The number of nitrogens with zero attached hydrogens (tertiary/aromatic N) is 2. The van der Waals surface area contributed by atoms with Gasteiger partial charge in [0, 0.05) is 18.7 Å². The molecule has 1 aromatic carbocycles. The summed E-state index contributed by atoms with van der Waals surface area (Å²) in [6, 6.07) is 6.53. The first kappa shape index (κ1) is 15.9. The van der Waals surface area contributed by atoms with Crippen molar-refractivity contribution in [2.24, 2.45) is 7.05 Å². The van der Waals surface area contributed by atoms with Gasteiger partial charge in [0.2, 0.25) is 0 Å². The molecule has 0 aliphatic rings. The minimum absolute atomic E-state index is 0.246. The smallest absolute Gasteiger partial charge is 0.147 e. The Kier molecular flexibility index (Phi) is 5.26. The molecular formula is C16H22ClN3O. The van der Waals surface area contributed by atoms with Crippen LogP contribution in [0.1, 0.15) is 36.8 Å². The molecule has 4 nitrogen and oxygen atoms in total. The van der Waals surface area contributed by atoms with Gasteiger partial charge in [-0.05, 0) is 32.0 Å². The molecule has 114 valence electrons. The third kappa shape index (κ3) is 3.77. The number of rotatable bonds is 6. The minimum Gasteiger partial charge on any atom is -0.485 e. The van der Waals surface area contributed by atoms with Gasteiger partial charge >= 0.3 is 0 Å². The van der Waals surface area contributed by atoms with Gasteiger partial charge in [0.05, 0.1) is 6.20 Å². The third-order valence-electron chi connectivity index (χ3n) is 3.53.